The Hall–Kier alpha value is -2.39. The lowest BCUT2D eigenvalue weighted by atomic mass is 10.0. The predicted molar refractivity (Wildman–Crippen MR) is 100 cm³/mol. The molecule has 0 aromatic heterocycles. The van der Waals surface area contributed by atoms with Crippen LogP contribution in [0.15, 0.2) is 18.2 Å². The summed E-state index contributed by atoms with van der Waals surface area (Å²) < 4.78 is 25.8. The van der Waals surface area contributed by atoms with Crippen molar-refractivity contribution >= 4 is 17.7 Å². The number of piperazine rings is 1. The first-order valence-electron chi connectivity index (χ1n) is 9.91. The van der Waals surface area contributed by atoms with Crippen molar-refractivity contribution < 1.29 is 23.2 Å². The average Bonchev–Trinajstić information content (AvgIpc) is 2.99. The minimum atomic E-state index is -2.36. The topological polar surface area (TPSA) is 81.8 Å². The number of nitrogens with one attached hydrogen (secondary N) is 2. The molecule has 0 aliphatic carbocycles. The van der Waals surface area contributed by atoms with Crippen LogP contribution in [-0.2, 0) is 22.7 Å². The zero-order valence-corrected chi connectivity index (χ0v) is 16.0. The third kappa shape index (κ3) is 4.16. The Balaban J connectivity index is 1.48. The average molecular weight is 406 g/mol. The minimum absolute atomic E-state index is 0.180. The van der Waals surface area contributed by atoms with Gasteiger partial charge in [0.05, 0.1) is 0 Å². The van der Waals surface area contributed by atoms with Gasteiger partial charge < -0.3 is 10.2 Å². The Bertz CT molecular complexity index is 832. The molecule has 9 heteroatoms. The molecule has 3 aliphatic heterocycles. The molecule has 0 radical (unpaired) electrons. The fourth-order valence-electron chi connectivity index (χ4n) is 4.38. The fraction of sp³-hybridized carbons (Fsp3) is 0.550. The highest BCUT2D eigenvalue weighted by molar-refractivity contribution is 6.05. The lowest BCUT2D eigenvalue weighted by Crippen LogP contribution is -2.52. The quantitative estimate of drug-likeness (QED) is 0.710. The third-order valence-corrected chi connectivity index (χ3v) is 5.90. The van der Waals surface area contributed by atoms with E-state index in [4.69, 9.17) is 0 Å². The Morgan fingerprint density at radius 1 is 1.21 bits per heavy atom. The van der Waals surface area contributed by atoms with E-state index in [1.54, 1.807) is 0 Å². The zero-order valence-electron chi connectivity index (χ0n) is 16.0. The number of fused-ring (bicyclic) bond motifs is 1. The molecule has 7 nitrogen and oxygen atoms in total. The standard InChI is InChI=1S/C20H24F2N4O3/c21-17(22)8-14-9-23-5-6-25(14)10-12-1-2-13-11-26(20(29)15(13)7-12)16-3-4-18(27)24-19(16)28/h1-2,7,14,16-17,23H,3-6,8-11H2,(H,24,27,28). The van der Waals surface area contributed by atoms with Crippen LogP contribution < -0.4 is 10.6 Å². The van der Waals surface area contributed by atoms with Gasteiger partial charge >= 0.3 is 0 Å². The van der Waals surface area contributed by atoms with Crippen LogP contribution in [0.1, 0.15) is 40.7 Å². The van der Waals surface area contributed by atoms with Gasteiger partial charge in [-0.1, -0.05) is 12.1 Å². The second-order valence-corrected chi connectivity index (χ2v) is 7.85. The second kappa shape index (κ2) is 8.16. The SMILES string of the molecule is O=C1CCC(N2Cc3ccc(CN4CCNCC4CC(F)F)cc3C2=O)C(=O)N1. The van der Waals surface area contributed by atoms with E-state index in [2.05, 4.69) is 10.6 Å². The number of carbonyl (C=O) groups is 3. The number of rotatable bonds is 5. The van der Waals surface area contributed by atoms with E-state index < -0.39 is 18.4 Å². The van der Waals surface area contributed by atoms with Crippen molar-refractivity contribution in [3.8, 4) is 0 Å². The molecule has 1 aromatic carbocycles. The van der Waals surface area contributed by atoms with Crippen molar-refractivity contribution in [2.45, 2.75) is 50.9 Å². The molecule has 3 amide bonds. The number of benzene rings is 1. The largest absolute Gasteiger partial charge is 0.322 e. The molecular formula is C20H24F2N4O3. The van der Waals surface area contributed by atoms with Crippen molar-refractivity contribution in [1.82, 2.24) is 20.4 Å². The molecule has 2 atom stereocenters. The Morgan fingerprint density at radius 3 is 2.79 bits per heavy atom. The third-order valence-electron chi connectivity index (χ3n) is 5.90. The number of halogens is 2. The zero-order chi connectivity index (χ0) is 20.5. The van der Waals surface area contributed by atoms with Crippen LogP contribution in [0.5, 0.6) is 0 Å². The van der Waals surface area contributed by atoms with Gasteiger partial charge in [0.1, 0.15) is 6.04 Å². The summed E-state index contributed by atoms with van der Waals surface area (Å²) in [6.45, 7) is 2.77. The van der Waals surface area contributed by atoms with Crippen molar-refractivity contribution in [1.29, 1.82) is 0 Å². The molecule has 29 heavy (non-hydrogen) atoms. The minimum Gasteiger partial charge on any atom is -0.322 e. The van der Waals surface area contributed by atoms with Gasteiger partial charge in [-0.2, -0.15) is 0 Å². The van der Waals surface area contributed by atoms with E-state index in [1.165, 1.54) is 4.90 Å². The molecule has 3 heterocycles. The summed E-state index contributed by atoms with van der Waals surface area (Å²) in [5.41, 5.74) is 2.28. The van der Waals surface area contributed by atoms with Crippen LogP contribution in [0, 0.1) is 0 Å². The van der Waals surface area contributed by atoms with Gasteiger partial charge in [0.2, 0.25) is 18.2 Å². The fourth-order valence-corrected chi connectivity index (χ4v) is 4.38. The van der Waals surface area contributed by atoms with Gasteiger partial charge in [-0.25, -0.2) is 8.78 Å². The normalized spacial score (nSPS) is 25.5. The summed E-state index contributed by atoms with van der Waals surface area (Å²) in [5, 5.41) is 5.45. The van der Waals surface area contributed by atoms with Gasteiger partial charge in [0.25, 0.3) is 5.91 Å². The van der Waals surface area contributed by atoms with E-state index in [9.17, 15) is 23.2 Å². The Labute approximate surface area is 167 Å². The maximum absolute atomic E-state index is 12.9. The van der Waals surface area contributed by atoms with Gasteiger partial charge in [-0.3, -0.25) is 24.6 Å². The number of piperidine rings is 1. The molecule has 0 spiro atoms. The van der Waals surface area contributed by atoms with E-state index in [0.29, 0.717) is 38.2 Å². The summed E-state index contributed by atoms with van der Waals surface area (Å²) in [4.78, 5) is 40.0. The number of nitrogens with zero attached hydrogens (tertiary/aromatic N) is 2. The summed E-state index contributed by atoms with van der Waals surface area (Å²) in [5.74, 6) is -0.967. The van der Waals surface area contributed by atoms with Crippen LogP contribution in [0.3, 0.4) is 0 Å². The van der Waals surface area contributed by atoms with Crippen molar-refractivity contribution in [3.05, 3.63) is 34.9 Å². The van der Waals surface area contributed by atoms with Crippen LogP contribution in [0.2, 0.25) is 0 Å². The maximum Gasteiger partial charge on any atom is 0.255 e. The van der Waals surface area contributed by atoms with Gasteiger partial charge in [-0.05, 0) is 23.6 Å². The second-order valence-electron chi connectivity index (χ2n) is 7.85. The van der Waals surface area contributed by atoms with Crippen molar-refractivity contribution in [2.75, 3.05) is 19.6 Å². The van der Waals surface area contributed by atoms with Crippen LogP contribution in [0.4, 0.5) is 8.78 Å². The highest BCUT2D eigenvalue weighted by Crippen LogP contribution is 2.29. The first kappa shape index (κ1) is 19.9. The van der Waals surface area contributed by atoms with Crippen LogP contribution in [0.25, 0.3) is 0 Å². The predicted octanol–water partition coefficient (Wildman–Crippen LogP) is 0.877. The molecule has 4 rings (SSSR count). The summed E-state index contributed by atoms with van der Waals surface area (Å²) in [6, 6.07) is 4.72. The number of carbonyl (C=O) groups excluding carboxylic acids is 3. The number of imide groups is 1. The molecule has 156 valence electrons. The summed E-state index contributed by atoms with van der Waals surface area (Å²) in [7, 11) is 0. The molecule has 0 bridgehead atoms. The summed E-state index contributed by atoms with van der Waals surface area (Å²) >= 11 is 0. The molecule has 2 saturated heterocycles. The maximum atomic E-state index is 12.9. The number of amides is 3. The number of alkyl halides is 2. The first-order chi connectivity index (χ1) is 13.9. The van der Waals surface area contributed by atoms with E-state index in [0.717, 1.165) is 17.7 Å². The van der Waals surface area contributed by atoms with E-state index in [-0.39, 0.29) is 30.7 Å². The Morgan fingerprint density at radius 2 is 2.03 bits per heavy atom. The van der Waals surface area contributed by atoms with Gasteiger partial charge in [0, 0.05) is 57.2 Å². The van der Waals surface area contributed by atoms with Gasteiger partial charge in [-0.15, -0.1) is 0 Å². The number of hydrogen-bond donors (Lipinski definition) is 2. The van der Waals surface area contributed by atoms with Crippen molar-refractivity contribution in [3.63, 3.8) is 0 Å². The molecular weight excluding hydrogens is 382 g/mol. The summed E-state index contributed by atoms with van der Waals surface area (Å²) in [6.07, 6.45) is -1.99. The molecule has 1 aromatic rings. The van der Waals surface area contributed by atoms with Crippen LogP contribution in [-0.4, -0.2) is 65.7 Å². The van der Waals surface area contributed by atoms with Crippen LogP contribution >= 0.6 is 0 Å². The highest BCUT2D eigenvalue weighted by Gasteiger charge is 2.39. The number of hydrogen-bond acceptors (Lipinski definition) is 5. The molecule has 2 unspecified atom stereocenters. The Kier molecular flexibility index (Phi) is 5.60. The molecule has 2 N–H and O–H groups in total. The monoisotopic (exact) mass is 406 g/mol. The lowest BCUT2D eigenvalue weighted by molar-refractivity contribution is -0.136. The smallest absolute Gasteiger partial charge is 0.255 e. The molecule has 2 fully saturated rings. The van der Waals surface area contributed by atoms with E-state index >= 15 is 0 Å². The highest BCUT2D eigenvalue weighted by atomic mass is 19.3. The lowest BCUT2D eigenvalue weighted by Gasteiger charge is -2.36. The molecule has 3 aliphatic rings. The first-order valence-corrected chi connectivity index (χ1v) is 9.91. The molecule has 0 saturated carbocycles. The van der Waals surface area contributed by atoms with Gasteiger partial charge in [0.15, 0.2) is 0 Å². The van der Waals surface area contributed by atoms with E-state index in [1.807, 2.05) is 23.1 Å². The van der Waals surface area contributed by atoms with Crippen molar-refractivity contribution in [2.24, 2.45) is 0 Å².